The van der Waals surface area contributed by atoms with E-state index in [-0.39, 0.29) is 17.8 Å². The Bertz CT molecular complexity index is 762. The third-order valence-electron chi connectivity index (χ3n) is 6.02. The number of benzene rings is 1. The highest BCUT2D eigenvalue weighted by molar-refractivity contribution is 5.82. The van der Waals surface area contributed by atoms with Gasteiger partial charge in [0, 0.05) is 57.9 Å². The van der Waals surface area contributed by atoms with E-state index in [1.807, 2.05) is 36.9 Å². The van der Waals surface area contributed by atoms with Crippen molar-refractivity contribution in [1.82, 2.24) is 15.1 Å². The minimum atomic E-state index is -0.127. The average molecular weight is 444 g/mol. The van der Waals surface area contributed by atoms with Gasteiger partial charge in [0.1, 0.15) is 0 Å². The largest absolute Gasteiger partial charge is 0.466 e. The first-order valence-electron chi connectivity index (χ1n) is 11.9. The SMILES string of the molecule is CCNC(=NCCC(=O)N1CCN(c2ccccc2)CC1)N1CCCC(C(=O)OCC)C1. The summed E-state index contributed by atoms with van der Waals surface area (Å²) in [6.45, 7) is 10.1. The maximum Gasteiger partial charge on any atom is 0.310 e. The van der Waals surface area contributed by atoms with Gasteiger partial charge in [-0.25, -0.2) is 0 Å². The lowest BCUT2D eigenvalue weighted by Gasteiger charge is -2.36. The lowest BCUT2D eigenvalue weighted by atomic mass is 9.98. The first-order chi connectivity index (χ1) is 15.6. The molecule has 2 fully saturated rings. The maximum atomic E-state index is 12.7. The summed E-state index contributed by atoms with van der Waals surface area (Å²) in [4.78, 5) is 35.9. The molecule has 1 aromatic carbocycles. The zero-order valence-electron chi connectivity index (χ0n) is 19.5. The van der Waals surface area contributed by atoms with Crippen LogP contribution in [0, 0.1) is 5.92 Å². The summed E-state index contributed by atoms with van der Waals surface area (Å²) >= 11 is 0. The van der Waals surface area contributed by atoms with Gasteiger partial charge < -0.3 is 24.8 Å². The monoisotopic (exact) mass is 443 g/mol. The van der Waals surface area contributed by atoms with E-state index in [0.717, 1.165) is 58.1 Å². The Balaban J connectivity index is 1.48. The Kier molecular flexibility index (Phi) is 9.19. The summed E-state index contributed by atoms with van der Waals surface area (Å²) in [5, 5.41) is 3.31. The fourth-order valence-corrected chi connectivity index (χ4v) is 4.32. The highest BCUT2D eigenvalue weighted by Crippen LogP contribution is 2.18. The van der Waals surface area contributed by atoms with Crippen molar-refractivity contribution in [2.45, 2.75) is 33.1 Å². The number of nitrogens with zero attached hydrogens (tertiary/aromatic N) is 4. The molecule has 0 saturated carbocycles. The standard InChI is InChI=1S/C24H37N5O3/c1-3-25-24(29-14-8-9-20(19-29)23(31)32-4-2)26-13-12-22(30)28-17-15-27(16-18-28)21-10-6-5-7-11-21/h5-7,10-11,20H,3-4,8-9,12-19H2,1-2H3,(H,25,26). The Labute approximate surface area is 191 Å². The van der Waals surface area contributed by atoms with Crippen molar-refractivity contribution in [2.24, 2.45) is 10.9 Å². The van der Waals surface area contributed by atoms with Crippen molar-refractivity contribution in [1.29, 1.82) is 0 Å². The van der Waals surface area contributed by atoms with Gasteiger partial charge in [-0.3, -0.25) is 14.6 Å². The minimum Gasteiger partial charge on any atom is -0.466 e. The van der Waals surface area contributed by atoms with Crippen molar-refractivity contribution in [2.75, 3.05) is 63.9 Å². The van der Waals surface area contributed by atoms with Crippen LogP contribution >= 0.6 is 0 Å². The topological polar surface area (TPSA) is 77.5 Å². The molecule has 1 atom stereocenters. The van der Waals surface area contributed by atoms with Crippen molar-refractivity contribution in [3.8, 4) is 0 Å². The molecule has 0 spiro atoms. The van der Waals surface area contributed by atoms with Crippen LogP contribution in [0.2, 0.25) is 0 Å². The van der Waals surface area contributed by atoms with Crippen molar-refractivity contribution in [3.05, 3.63) is 30.3 Å². The second-order valence-electron chi connectivity index (χ2n) is 8.23. The number of guanidine groups is 1. The van der Waals surface area contributed by atoms with E-state index in [4.69, 9.17) is 9.73 Å². The number of anilines is 1. The molecule has 2 heterocycles. The van der Waals surface area contributed by atoms with Crippen molar-refractivity contribution in [3.63, 3.8) is 0 Å². The molecule has 2 aliphatic heterocycles. The van der Waals surface area contributed by atoms with E-state index >= 15 is 0 Å². The number of carbonyl (C=O) groups is 2. The van der Waals surface area contributed by atoms with Gasteiger partial charge in [-0.15, -0.1) is 0 Å². The first kappa shape index (κ1) is 23.9. The molecule has 1 amide bonds. The fraction of sp³-hybridized carbons (Fsp3) is 0.625. The predicted octanol–water partition coefficient (Wildman–Crippen LogP) is 1.97. The Morgan fingerprint density at radius 1 is 1.06 bits per heavy atom. The van der Waals surface area contributed by atoms with Crippen molar-refractivity contribution < 1.29 is 14.3 Å². The number of piperazine rings is 1. The summed E-state index contributed by atoms with van der Waals surface area (Å²) in [7, 11) is 0. The number of aliphatic imine (C=N–C) groups is 1. The summed E-state index contributed by atoms with van der Waals surface area (Å²) in [6.07, 6.45) is 2.18. The van der Waals surface area contributed by atoms with Gasteiger partial charge in [-0.2, -0.15) is 0 Å². The molecule has 1 aromatic rings. The highest BCUT2D eigenvalue weighted by Gasteiger charge is 2.28. The number of nitrogens with one attached hydrogen (secondary N) is 1. The number of esters is 1. The first-order valence-corrected chi connectivity index (χ1v) is 11.9. The van der Waals surface area contributed by atoms with E-state index < -0.39 is 0 Å². The summed E-state index contributed by atoms with van der Waals surface area (Å²) in [5.74, 6) is 0.691. The van der Waals surface area contributed by atoms with Crippen LogP contribution in [-0.4, -0.2) is 86.6 Å². The van der Waals surface area contributed by atoms with Crippen LogP contribution in [-0.2, 0) is 14.3 Å². The van der Waals surface area contributed by atoms with Gasteiger partial charge in [-0.05, 0) is 38.8 Å². The predicted molar refractivity (Wildman–Crippen MR) is 127 cm³/mol. The molecule has 8 nitrogen and oxygen atoms in total. The lowest BCUT2D eigenvalue weighted by molar-refractivity contribution is -0.149. The van der Waals surface area contributed by atoms with E-state index in [9.17, 15) is 9.59 Å². The van der Waals surface area contributed by atoms with Crippen LogP contribution in [0.25, 0.3) is 0 Å². The molecule has 0 radical (unpaired) electrons. The molecular weight excluding hydrogens is 406 g/mol. The second-order valence-corrected chi connectivity index (χ2v) is 8.23. The molecule has 32 heavy (non-hydrogen) atoms. The number of rotatable bonds is 7. The van der Waals surface area contributed by atoms with Gasteiger partial charge in [0.25, 0.3) is 0 Å². The molecule has 176 valence electrons. The number of carbonyl (C=O) groups excluding carboxylic acids is 2. The fourth-order valence-electron chi connectivity index (χ4n) is 4.32. The van der Waals surface area contributed by atoms with Crippen LogP contribution in [0.1, 0.15) is 33.1 Å². The number of para-hydroxylation sites is 1. The Morgan fingerprint density at radius 2 is 1.81 bits per heavy atom. The quantitative estimate of drug-likeness (QED) is 0.394. The number of ether oxygens (including phenoxy) is 1. The van der Waals surface area contributed by atoms with Crippen LogP contribution in [0.5, 0.6) is 0 Å². The number of likely N-dealkylation sites (tertiary alicyclic amines) is 1. The normalized spacial score (nSPS) is 19.6. The van der Waals surface area contributed by atoms with Gasteiger partial charge in [0.2, 0.25) is 5.91 Å². The number of hydrogen-bond acceptors (Lipinski definition) is 5. The molecule has 1 N–H and O–H groups in total. The molecule has 2 saturated heterocycles. The van der Waals surface area contributed by atoms with Crippen LogP contribution in [0.15, 0.2) is 35.3 Å². The zero-order valence-corrected chi connectivity index (χ0v) is 19.5. The van der Waals surface area contributed by atoms with Gasteiger partial charge >= 0.3 is 5.97 Å². The third-order valence-corrected chi connectivity index (χ3v) is 6.02. The molecule has 2 aliphatic rings. The Morgan fingerprint density at radius 3 is 2.50 bits per heavy atom. The van der Waals surface area contributed by atoms with Gasteiger partial charge in [0.15, 0.2) is 5.96 Å². The molecule has 0 aliphatic carbocycles. The highest BCUT2D eigenvalue weighted by atomic mass is 16.5. The van der Waals surface area contributed by atoms with E-state index in [0.29, 0.717) is 26.1 Å². The van der Waals surface area contributed by atoms with Crippen LogP contribution < -0.4 is 10.2 Å². The molecule has 3 rings (SSSR count). The zero-order chi connectivity index (χ0) is 22.8. The third kappa shape index (κ3) is 6.61. The molecule has 0 aromatic heterocycles. The number of hydrogen-bond donors (Lipinski definition) is 1. The Hall–Kier alpha value is -2.77. The average Bonchev–Trinajstić information content (AvgIpc) is 2.84. The van der Waals surface area contributed by atoms with Gasteiger partial charge in [-0.1, -0.05) is 18.2 Å². The number of amides is 1. The molecule has 8 heteroatoms. The lowest BCUT2D eigenvalue weighted by Crippen LogP contribution is -2.49. The molecular formula is C24H37N5O3. The van der Waals surface area contributed by atoms with E-state index in [1.165, 1.54) is 5.69 Å². The summed E-state index contributed by atoms with van der Waals surface area (Å²) in [5.41, 5.74) is 1.21. The maximum absolute atomic E-state index is 12.7. The summed E-state index contributed by atoms with van der Waals surface area (Å²) < 4.78 is 5.21. The smallest absolute Gasteiger partial charge is 0.310 e. The van der Waals surface area contributed by atoms with Crippen molar-refractivity contribution >= 4 is 23.5 Å². The van der Waals surface area contributed by atoms with Crippen LogP contribution in [0.3, 0.4) is 0 Å². The molecule has 1 unspecified atom stereocenters. The summed E-state index contributed by atoms with van der Waals surface area (Å²) in [6, 6.07) is 10.3. The van der Waals surface area contributed by atoms with Gasteiger partial charge in [0.05, 0.1) is 19.1 Å². The second kappa shape index (κ2) is 12.3. The number of piperidine rings is 1. The van der Waals surface area contributed by atoms with E-state index in [1.54, 1.807) is 0 Å². The van der Waals surface area contributed by atoms with E-state index in [2.05, 4.69) is 27.2 Å². The minimum absolute atomic E-state index is 0.116. The van der Waals surface area contributed by atoms with Crippen LogP contribution in [0.4, 0.5) is 5.69 Å². The molecule has 0 bridgehead atoms.